The number of hydrogen-bond donors (Lipinski definition) is 0. The first-order chi connectivity index (χ1) is 7.74. The molecule has 1 heterocycles. The maximum Gasteiger partial charge on any atom is 0.134 e. The van der Waals surface area contributed by atoms with Crippen LogP contribution in [0.5, 0.6) is 0 Å². The van der Waals surface area contributed by atoms with E-state index in [2.05, 4.69) is 10.3 Å². The van der Waals surface area contributed by atoms with Crippen molar-refractivity contribution in [3.63, 3.8) is 0 Å². The van der Waals surface area contributed by atoms with Crippen LogP contribution in [0.1, 0.15) is 31.4 Å². The average molecular weight is 215 g/mol. The molecule has 4 heteroatoms. The molecule has 0 unspecified atom stereocenters. The first-order valence-corrected chi connectivity index (χ1v) is 5.57. The van der Waals surface area contributed by atoms with E-state index >= 15 is 0 Å². The lowest BCUT2D eigenvalue weighted by Crippen LogP contribution is -1.97. The zero-order valence-corrected chi connectivity index (χ0v) is 9.18. The Bertz CT molecular complexity index is 554. The first-order valence-electron chi connectivity index (χ1n) is 5.57. The number of carbonyl (C=O) groups excluding carboxylic acids is 1. The van der Waals surface area contributed by atoms with E-state index in [0.29, 0.717) is 12.5 Å². The molecule has 3 rings (SSSR count). The molecule has 0 spiro atoms. The molecule has 0 radical (unpaired) electrons. The van der Waals surface area contributed by atoms with Crippen molar-refractivity contribution in [2.75, 3.05) is 0 Å². The Balaban J connectivity index is 2.02. The Morgan fingerprint density at radius 1 is 1.50 bits per heavy atom. The van der Waals surface area contributed by atoms with Crippen molar-refractivity contribution in [1.82, 2.24) is 15.0 Å². The van der Waals surface area contributed by atoms with Crippen molar-refractivity contribution in [3.05, 3.63) is 23.8 Å². The van der Waals surface area contributed by atoms with Gasteiger partial charge in [0.2, 0.25) is 0 Å². The molecular formula is C12H13N3O. The molecule has 1 aromatic carbocycles. The van der Waals surface area contributed by atoms with Crippen molar-refractivity contribution in [3.8, 4) is 0 Å². The summed E-state index contributed by atoms with van der Waals surface area (Å²) in [6.07, 6.45) is 2.88. The second-order valence-corrected chi connectivity index (χ2v) is 4.47. The van der Waals surface area contributed by atoms with Crippen molar-refractivity contribution in [1.29, 1.82) is 0 Å². The molecular weight excluding hydrogens is 202 g/mol. The molecule has 2 aromatic rings. The molecule has 0 atom stereocenters. The van der Waals surface area contributed by atoms with E-state index in [4.69, 9.17) is 0 Å². The van der Waals surface area contributed by atoms with E-state index in [1.54, 1.807) is 6.92 Å². The molecule has 1 fully saturated rings. The first kappa shape index (κ1) is 9.51. The molecule has 0 amide bonds. The fraction of sp³-hybridized carbons (Fsp3) is 0.417. The van der Waals surface area contributed by atoms with Crippen LogP contribution in [0, 0.1) is 0 Å². The van der Waals surface area contributed by atoms with E-state index in [1.807, 2.05) is 22.9 Å². The summed E-state index contributed by atoms with van der Waals surface area (Å²) in [5.41, 5.74) is 2.99. The predicted molar refractivity (Wildman–Crippen MR) is 60.2 cm³/mol. The Morgan fingerprint density at radius 3 is 3.00 bits per heavy atom. The summed E-state index contributed by atoms with van der Waals surface area (Å²) in [5, 5.41) is 8.31. The van der Waals surface area contributed by atoms with Crippen molar-refractivity contribution in [2.24, 2.45) is 0 Å². The van der Waals surface area contributed by atoms with Gasteiger partial charge in [-0.1, -0.05) is 11.3 Å². The minimum atomic E-state index is 0.175. The summed E-state index contributed by atoms with van der Waals surface area (Å²) in [5.74, 6) is 0.175. The van der Waals surface area contributed by atoms with E-state index < -0.39 is 0 Å². The van der Waals surface area contributed by atoms with Crippen molar-refractivity contribution in [2.45, 2.75) is 32.2 Å². The third-order valence-electron chi connectivity index (χ3n) is 2.88. The Hall–Kier alpha value is -1.71. The summed E-state index contributed by atoms with van der Waals surface area (Å²) in [6.45, 7) is 1.60. The topological polar surface area (TPSA) is 47.8 Å². The maximum absolute atomic E-state index is 11.0. The summed E-state index contributed by atoms with van der Waals surface area (Å²) in [6, 6.07) is 6.52. The molecule has 82 valence electrons. The van der Waals surface area contributed by atoms with Crippen LogP contribution in [-0.2, 0) is 11.2 Å². The third-order valence-corrected chi connectivity index (χ3v) is 2.88. The zero-order chi connectivity index (χ0) is 11.1. The van der Waals surface area contributed by atoms with Gasteiger partial charge in [-0.2, -0.15) is 0 Å². The SMILES string of the molecule is CC(=O)Cc1ccc2c(c1)nnn2C1CC1. The number of aromatic nitrogens is 3. The highest BCUT2D eigenvalue weighted by atomic mass is 16.1. The van der Waals surface area contributed by atoms with Gasteiger partial charge in [-0.15, -0.1) is 5.10 Å². The molecule has 1 saturated carbocycles. The summed E-state index contributed by atoms with van der Waals surface area (Å²) in [7, 11) is 0. The highest BCUT2D eigenvalue weighted by Gasteiger charge is 2.26. The van der Waals surface area contributed by atoms with Gasteiger partial charge < -0.3 is 0 Å². The molecule has 0 N–H and O–H groups in total. The molecule has 0 bridgehead atoms. The van der Waals surface area contributed by atoms with Crippen LogP contribution in [-0.4, -0.2) is 20.8 Å². The van der Waals surface area contributed by atoms with Crippen LogP contribution in [0.15, 0.2) is 18.2 Å². The van der Waals surface area contributed by atoms with Crippen molar-refractivity contribution >= 4 is 16.8 Å². The van der Waals surface area contributed by atoms with Gasteiger partial charge in [-0.05, 0) is 37.5 Å². The molecule has 4 nitrogen and oxygen atoms in total. The monoisotopic (exact) mass is 215 g/mol. The number of fused-ring (bicyclic) bond motifs is 1. The summed E-state index contributed by atoms with van der Waals surface area (Å²) < 4.78 is 1.99. The minimum absolute atomic E-state index is 0.175. The minimum Gasteiger partial charge on any atom is -0.300 e. The highest BCUT2D eigenvalue weighted by Crippen LogP contribution is 2.36. The number of rotatable bonds is 3. The zero-order valence-electron chi connectivity index (χ0n) is 9.18. The van der Waals surface area contributed by atoms with E-state index in [9.17, 15) is 4.79 Å². The number of carbonyl (C=O) groups is 1. The number of ketones is 1. The Labute approximate surface area is 93.3 Å². The van der Waals surface area contributed by atoms with Crippen LogP contribution >= 0.6 is 0 Å². The molecule has 0 aliphatic heterocycles. The second kappa shape index (κ2) is 3.40. The third kappa shape index (κ3) is 1.60. The van der Waals surface area contributed by atoms with Gasteiger partial charge in [-0.3, -0.25) is 4.79 Å². The van der Waals surface area contributed by atoms with Gasteiger partial charge in [0, 0.05) is 6.42 Å². The fourth-order valence-electron chi connectivity index (χ4n) is 1.97. The van der Waals surface area contributed by atoms with Crippen LogP contribution in [0.4, 0.5) is 0 Å². The van der Waals surface area contributed by atoms with Gasteiger partial charge >= 0.3 is 0 Å². The average Bonchev–Trinajstić information content (AvgIpc) is 2.98. The molecule has 16 heavy (non-hydrogen) atoms. The van der Waals surface area contributed by atoms with Gasteiger partial charge in [-0.25, -0.2) is 4.68 Å². The molecule has 1 aliphatic rings. The summed E-state index contributed by atoms with van der Waals surface area (Å²) in [4.78, 5) is 11.0. The van der Waals surface area contributed by atoms with E-state index in [1.165, 1.54) is 12.8 Å². The van der Waals surface area contributed by atoms with Crippen molar-refractivity contribution < 1.29 is 4.79 Å². The van der Waals surface area contributed by atoms with Crippen LogP contribution in [0.2, 0.25) is 0 Å². The van der Waals surface area contributed by atoms with Crippen LogP contribution in [0.25, 0.3) is 11.0 Å². The lowest BCUT2D eigenvalue weighted by Gasteiger charge is -1.99. The van der Waals surface area contributed by atoms with E-state index in [-0.39, 0.29) is 5.78 Å². The molecule has 0 saturated heterocycles. The number of hydrogen-bond acceptors (Lipinski definition) is 3. The largest absolute Gasteiger partial charge is 0.300 e. The van der Waals surface area contributed by atoms with Gasteiger partial charge in [0.15, 0.2) is 0 Å². The van der Waals surface area contributed by atoms with Gasteiger partial charge in [0.05, 0.1) is 11.6 Å². The fourth-order valence-corrected chi connectivity index (χ4v) is 1.97. The summed E-state index contributed by atoms with van der Waals surface area (Å²) >= 11 is 0. The number of benzene rings is 1. The Kier molecular flexibility index (Phi) is 2.02. The number of Topliss-reactive ketones (excluding diaryl/α,β-unsaturated/α-hetero) is 1. The smallest absolute Gasteiger partial charge is 0.134 e. The maximum atomic E-state index is 11.0. The Morgan fingerprint density at radius 2 is 2.31 bits per heavy atom. The molecule has 1 aromatic heterocycles. The lowest BCUT2D eigenvalue weighted by atomic mass is 10.1. The standard InChI is InChI=1S/C12H13N3O/c1-8(16)6-9-2-5-12-11(7-9)13-14-15(12)10-3-4-10/h2,5,7,10H,3-4,6H2,1H3. The van der Waals surface area contributed by atoms with Crippen LogP contribution < -0.4 is 0 Å². The highest BCUT2D eigenvalue weighted by molar-refractivity contribution is 5.81. The van der Waals surface area contributed by atoms with Crippen LogP contribution in [0.3, 0.4) is 0 Å². The van der Waals surface area contributed by atoms with Gasteiger partial charge in [0.25, 0.3) is 0 Å². The normalized spacial score (nSPS) is 15.6. The number of nitrogens with zero attached hydrogens (tertiary/aromatic N) is 3. The molecule has 1 aliphatic carbocycles. The van der Waals surface area contributed by atoms with E-state index in [0.717, 1.165) is 16.6 Å². The predicted octanol–water partition coefficient (Wildman–Crippen LogP) is 1.90. The quantitative estimate of drug-likeness (QED) is 0.785. The van der Waals surface area contributed by atoms with Gasteiger partial charge in [0.1, 0.15) is 11.3 Å². The second-order valence-electron chi connectivity index (χ2n) is 4.47. The lowest BCUT2D eigenvalue weighted by molar-refractivity contribution is -0.116.